The third kappa shape index (κ3) is 5.11. The fraction of sp³-hybridized carbons (Fsp3) is 0.407. The second-order valence-corrected chi connectivity index (χ2v) is 9.49. The fourth-order valence-corrected chi connectivity index (χ4v) is 4.08. The van der Waals surface area contributed by atoms with E-state index in [0.29, 0.717) is 17.9 Å². The smallest absolute Gasteiger partial charge is 0.295 e. The molecule has 1 aliphatic rings. The Morgan fingerprint density at radius 1 is 1.09 bits per heavy atom. The molecule has 176 valence electrons. The van der Waals surface area contributed by atoms with E-state index in [0.717, 1.165) is 11.1 Å². The molecule has 0 saturated carbocycles. The molecule has 2 aromatic carbocycles. The molecule has 1 heterocycles. The summed E-state index contributed by atoms with van der Waals surface area (Å²) in [6, 6.07) is 13.9. The Labute approximate surface area is 195 Å². The van der Waals surface area contributed by atoms with Crippen molar-refractivity contribution in [2.75, 3.05) is 20.3 Å². The van der Waals surface area contributed by atoms with E-state index >= 15 is 0 Å². The molecule has 1 fully saturated rings. The van der Waals surface area contributed by atoms with Gasteiger partial charge < -0.3 is 19.5 Å². The maximum absolute atomic E-state index is 13.1. The Hall–Kier alpha value is -3.12. The van der Waals surface area contributed by atoms with E-state index in [1.165, 1.54) is 4.90 Å². The summed E-state index contributed by atoms with van der Waals surface area (Å²) in [6.45, 7) is 10.5. The number of amides is 1. The summed E-state index contributed by atoms with van der Waals surface area (Å²) in [7, 11) is 1.60. The molecule has 6 nitrogen and oxygen atoms in total. The van der Waals surface area contributed by atoms with Crippen LogP contribution in [0.1, 0.15) is 57.4 Å². The van der Waals surface area contributed by atoms with Gasteiger partial charge in [0.25, 0.3) is 11.7 Å². The molecule has 1 atom stereocenters. The van der Waals surface area contributed by atoms with E-state index in [1.807, 2.05) is 71.0 Å². The summed E-state index contributed by atoms with van der Waals surface area (Å²) in [5.41, 5.74) is 1.96. The Kier molecular flexibility index (Phi) is 7.28. The molecule has 1 saturated heterocycles. The van der Waals surface area contributed by atoms with Gasteiger partial charge in [-0.05, 0) is 43.0 Å². The highest BCUT2D eigenvalue weighted by Crippen LogP contribution is 2.40. The molecule has 6 heteroatoms. The maximum atomic E-state index is 13.1. The summed E-state index contributed by atoms with van der Waals surface area (Å²) < 4.78 is 11.1. The number of aliphatic hydroxyl groups is 1. The Balaban J connectivity index is 2.14. The van der Waals surface area contributed by atoms with Crippen LogP contribution in [0, 0.1) is 0 Å². The molecule has 33 heavy (non-hydrogen) atoms. The van der Waals surface area contributed by atoms with Gasteiger partial charge in [0.1, 0.15) is 11.5 Å². The van der Waals surface area contributed by atoms with Crippen LogP contribution in [0.3, 0.4) is 0 Å². The zero-order valence-corrected chi connectivity index (χ0v) is 20.2. The van der Waals surface area contributed by atoms with Gasteiger partial charge in [0.2, 0.25) is 0 Å². The lowest BCUT2D eigenvalue weighted by Gasteiger charge is -2.26. The first-order valence-corrected chi connectivity index (χ1v) is 11.2. The van der Waals surface area contributed by atoms with Crippen LogP contribution in [0.2, 0.25) is 0 Å². The first kappa shape index (κ1) is 24.5. The number of carbonyl (C=O) groups excluding carboxylic acids is 2. The largest absolute Gasteiger partial charge is 0.507 e. The van der Waals surface area contributed by atoms with Gasteiger partial charge in [-0.2, -0.15) is 0 Å². The molecule has 1 unspecified atom stereocenters. The van der Waals surface area contributed by atoms with Crippen molar-refractivity contribution in [1.82, 2.24) is 4.90 Å². The molecule has 0 bridgehead atoms. The van der Waals surface area contributed by atoms with Gasteiger partial charge in [-0.3, -0.25) is 9.59 Å². The standard InChI is InChI=1S/C27H33NO5/c1-17(2)33-15-14-28-23(18-10-8-7-9-11-18)22(25(30)26(28)31)24(29)19-12-13-21(32-6)20(16-19)27(3,4)5/h7-13,16-17,23,29H,14-15H2,1-6H3/b24-22-. The Bertz CT molecular complexity index is 1050. The number of likely N-dealkylation sites (tertiary alicyclic amines) is 1. The van der Waals surface area contributed by atoms with Crippen molar-refractivity contribution in [2.45, 2.75) is 52.2 Å². The van der Waals surface area contributed by atoms with Crippen molar-refractivity contribution in [3.8, 4) is 5.75 Å². The molecule has 0 radical (unpaired) electrons. The van der Waals surface area contributed by atoms with Gasteiger partial charge >= 0.3 is 0 Å². The van der Waals surface area contributed by atoms with Crippen molar-refractivity contribution < 1.29 is 24.2 Å². The number of nitrogens with zero attached hydrogens (tertiary/aromatic N) is 1. The molecular weight excluding hydrogens is 418 g/mol. The topological polar surface area (TPSA) is 76.1 Å². The molecular formula is C27H33NO5. The normalized spacial score (nSPS) is 18.3. The van der Waals surface area contributed by atoms with E-state index in [-0.39, 0.29) is 29.4 Å². The minimum absolute atomic E-state index is 0.00659. The highest BCUT2D eigenvalue weighted by Gasteiger charge is 2.46. The first-order valence-electron chi connectivity index (χ1n) is 11.2. The van der Waals surface area contributed by atoms with Crippen LogP contribution < -0.4 is 4.74 Å². The number of rotatable bonds is 7. The van der Waals surface area contributed by atoms with Gasteiger partial charge in [-0.25, -0.2) is 0 Å². The molecule has 0 aromatic heterocycles. The van der Waals surface area contributed by atoms with Crippen LogP contribution in [0.5, 0.6) is 5.75 Å². The monoisotopic (exact) mass is 451 g/mol. The van der Waals surface area contributed by atoms with Crippen molar-refractivity contribution in [3.63, 3.8) is 0 Å². The molecule has 1 aliphatic heterocycles. The minimum atomic E-state index is -0.695. The van der Waals surface area contributed by atoms with Crippen LogP contribution in [0.25, 0.3) is 5.76 Å². The van der Waals surface area contributed by atoms with Crippen molar-refractivity contribution in [1.29, 1.82) is 0 Å². The summed E-state index contributed by atoms with van der Waals surface area (Å²) in [4.78, 5) is 27.6. The van der Waals surface area contributed by atoms with Crippen LogP contribution >= 0.6 is 0 Å². The highest BCUT2D eigenvalue weighted by atomic mass is 16.5. The van der Waals surface area contributed by atoms with Gasteiger partial charge in [-0.1, -0.05) is 51.1 Å². The van der Waals surface area contributed by atoms with E-state index in [2.05, 4.69) is 0 Å². The summed E-state index contributed by atoms with van der Waals surface area (Å²) in [5.74, 6) is -0.825. The lowest BCUT2D eigenvalue weighted by molar-refractivity contribution is -0.140. The summed E-state index contributed by atoms with van der Waals surface area (Å²) >= 11 is 0. The fourth-order valence-electron chi connectivity index (χ4n) is 4.08. The summed E-state index contributed by atoms with van der Waals surface area (Å²) in [6.07, 6.45) is 0.00659. The average molecular weight is 452 g/mol. The quantitative estimate of drug-likeness (QED) is 0.370. The van der Waals surface area contributed by atoms with E-state index in [4.69, 9.17) is 9.47 Å². The Morgan fingerprint density at radius 2 is 1.76 bits per heavy atom. The lowest BCUT2D eigenvalue weighted by atomic mass is 9.84. The number of hydrogen-bond acceptors (Lipinski definition) is 5. The molecule has 2 aromatic rings. The second-order valence-electron chi connectivity index (χ2n) is 9.49. The number of Topliss-reactive ketones (excluding diaryl/α,β-unsaturated/α-hetero) is 1. The zero-order chi connectivity index (χ0) is 24.3. The maximum Gasteiger partial charge on any atom is 0.295 e. The third-order valence-electron chi connectivity index (χ3n) is 5.72. The predicted octanol–water partition coefficient (Wildman–Crippen LogP) is 4.84. The molecule has 0 aliphatic carbocycles. The van der Waals surface area contributed by atoms with Gasteiger partial charge in [0, 0.05) is 17.7 Å². The van der Waals surface area contributed by atoms with Gasteiger partial charge in [-0.15, -0.1) is 0 Å². The average Bonchev–Trinajstić information content (AvgIpc) is 3.03. The number of aliphatic hydroxyl groups excluding tert-OH is 1. The molecule has 1 amide bonds. The molecule has 3 rings (SSSR count). The van der Waals surface area contributed by atoms with Crippen molar-refractivity contribution >= 4 is 17.4 Å². The van der Waals surface area contributed by atoms with E-state index < -0.39 is 17.7 Å². The number of carbonyl (C=O) groups is 2. The number of hydrogen-bond donors (Lipinski definition) is 1. The summed E-state index contributed by atoms with van der Waals surface area (Å²) in [5, 5.41) is 11.3. The number of ether oxygens (including phenoxy) is 2. The second kappa shape index (κ2) is 9.79. The van der Waals surface area contributed by atoms with Crippen LogP contribution in [-0.2, 0) is 19.7 Å². The Morgan fingerprint density at radius 3 is 2.33 bits per heavy atom. The minimum Gasteiger partial charge on any atom is -0.507 e. The first-order chi connectivity index (χ1) is 15.6. The zero-order valence-electron chi connectivity index (χ0n) is 20.2. The van der Waals surface area contributed by atoms with E-state index in [1.54, 1.807) is 19.2 Å². The SMILES string of the molecule is COc1ccc(/C(O)=C2/C(=O)C(=O)N(CCOC(C)C)C2c2ccccc2)cc1C(C)(C)C. The predicted molar refractivity (Wildman–Crippen MR) is 128 cm³/mol. The van der Waals surface area contributed by atoms with Gasteiger partial charge in [0.15, 0.2) is 0 Å². The number of methoxy groups -OCH3 is 1. The van der Waals surface area contributed by atoms with Gasteiger partial charge in [0.05, 0.1) is 31.4 Å². The molecule has 1 N–H and O–H groups in total. The van der Waals surface area contributed by atoms with Crippen LogP contribution in [0.15, 0.2) is 54.1 Å². The van der Waals surface area contributed by atoms with Crippen LogP contribution in [-0.4, -0.2) is 48.1 Å². The highest BCUT2D eigenvalue weighted by molar-refractivity contribution is 6.46. The van der Waals surface area contributed by atoms with E-state index in [9.17, 15) is 14.7 Å². The number of benzene rings is 2. The van der Waals surface area contributed by atoms with Crippen molar-refractivity contribution in [3.05, 3.63) is 70.8 Å². The lowest BCUT2D eigenvalue weighted by Crippen LogP contribution is -2.33. The third-order valence-corrected chi connectivity index (χ3v) is 5.72. The molecule has 0 spiro atoms. The number of ketones is 1. The van der Waals surface area contributed by atoms with Crippen molar-refractivity contribution in [2.24, 2.45) is 0 Å². The van der Waals surface area contributed by atoms with Crippen LogP contribution in [0.4, 0.5) is 0 Å².